The Morgan fingerprint density at radius 2 is 2.03 bits per heavy atom. The van der Waals surface area contributed by atoms with Crippen LogP contribution in [-0.4, -0.2) is 27.8 Å². The minimum Gasteiger partial charge on any atom is -0.490 e. The molecular weight excluding hydrogens is 418 g/mol. The van der Waals surface area contributed by atoms with Crippen LogP contribution in [0.25, 0.3) is 21.7 Å². The van der Waals surface area contributed by atoms with Crippen LogP contribution >= 0.6 is 22.7 Å². The fourth-order valence-corrected chi connectivity index (χ4v) is 4.59. The van der Waals surface area contributed by atoms with E-state index in [1.165, 1.54) is 15.9 Å². The molecule has 0 radical (unpaired) electrons. The number of nitrogens with zero attached hydrogens (tertiary/aromatic N) is 3. The molecule has 0 bridgehead atoms. The highest BCUT2D eigenvalue weighted by atomic mass is 32.1. The fourth-order valence-electron chi connectivity index (χ4n) is 3.03. The van der Waals surface area contributed by atoms with Gasteiger partial charge in [0, 0.05) is 0 Å². The van der Waals surface area contributed by atoms with Crippen molar-refractivity contribution in [1.82, 2.24) is 14.6 Å². The van der Waals surface area contributed by atoms with E-state index in [0.717, 1.165) is 35.5 Å². The summed E-state index contributed by atoms with van der Waals surface area (Å²) in [5, 5.41) is 6.34. The van der Waals surface area contributed by atoms with Crippen molar-refractivity contribution in [2.24, 2.45) is 0 Å². The Kier molecular flexibility index (Phi) is 6.44. The number of unbranched alkanes of at least 4 members (excludes halogenated alkanes) is 2. The third-order valence-electron chi connectivity index (χ3n) is 4.49. The van der Waals surface area contributed by atoms with Gasteiger partial charge in [-0.25, -0.2) is 0 Å². The van der Waals surface area contributed by atoms with Gasteiger partial charge in [-0.15, -0.1) is 16.4 Å². The summed E-state index contributed by atoms with van der Waals surface area (Å²) in [6, 6.07) is 9.64. The molecule has 3 aromatic heterocycles. The number of hydrogen-bond acceptors (Lipinski definition) is 7. The standard InChI is InChI=1S/C22H23N3O3S2/c1-3-5-6-11-28-16-10-9-15(13-17(16)27-4-2)14-19-21(26)25-22(30-19)23-20(24-25)18-8-7-12-29-18/h7-10,12-14H,3-6,11H2,1-2H3/b19-14+. The van der Waals surface area contributed by atoms with Gasteiger partial charge in [0.1, 0.15) is 0 Å². The highest BCUT2D eigenvalue weighted by molar-refractivity contribution is 7.15. The molecule has 0 amide bonds. The third kappa shape index (κ3) is 4.39. The predicted octanol–water partition coefficient (Wildman–Crippen LogP) is 4.39. The molecule has 3 heterocycles. The molecule has 0 saturated carbocycles. The summed E-state index contributed by atoms with van der Waals surface area (Å²) in [5.74, 6) is 2.01. The van der Waals surface area contributed by atoms with Crippen molar-refractivity contribution in [2.75, 3.05) is 13.2 Å². The highest BCUT2D eigenvalue weighted by Crippen LogP contribution is 2.29. The van der Waals surface area contributed by atoms with Gasteiger partial charge in [-0.3, -0.25) is 4.79 Å². The Hall–Kier alpha value is -2.71. The quantitative estimate of drug-likeness (QED) is 0.360. The van der Waals surface area contributed by atoms with Crippen LogP contribution in [0, 0.1) is 0 Å². The SMILES string of the molecule is CCCCCOc1ccc(/C=c2/sc3nc(-c4cccs4)nn3c2=O)cc1OCC. The van der Waals surface area contributed by atoms with Crippen LogP contribution in [0.1, 0.15) is 38.7 Å². The molecule has 156 valence electrons. The molecular formula is C22H23N3O3S2. The van der Waals surface area contributed by atoms with E-state index in [1.807, 2.05) is 48.7 Å². The van der Waals surface area contributed by atoms with E-state index in [9.17, 15) is 4.79 Å². The Morgan fingerprint density at radius 3 is 2.77 bits per heavy atom. The van der Waals surface area contributed by atoms with Gasteiger partial charge in [0.2, 0.25) is 4.96 Å². The van der Waals surface area contributed by atoms with Gasteiger partial charge >= 0.3 is 0 Å². The number of aromatic nitrogens is 3. The summed E-state index contributed by atoms with van der Waals surface area (Å²) in [4.78, 5) is 18.8. The highest BCUT2D eigenvalue weighted by Gasteiger charge is 2.13. The maximum Gasteiger partial charge on any atom is 0.291 e. The maximum absolute atomic E-state index is 12.8. The smallest absolute Gasteiger partial charge is 0.291 e. The summed E-state index contributed by atoms with van der Waals surface area (Å²) < 4.78 is 13.6. The lowest BCUT2D eigenvalue weighted by Crippen LogP contribution is -2.23. The molecule has 0 fully saturated rings. The number of thiophene rings is 1. The fraction of sp³-hybridized carbons (Fsp3) is 0.318. The Bertz CT molecular complexity index is 1230. The molecule has 4 rings (SSSR count). The largest absolute Gasteiger partial charge is 0.490 e. The molecule has 8 heteroatoms. The van der Waals surface area contributed by atoms with E-state index >= 15 is 0 Å². The first-order chi connectivity index (χ1) is 14.7. The molecule has 30 heavy (non-hydrogen) atoms. The second-order valence-electron chi connectivity index (χ2n) is 6.72. The van der Waals surface area contributed by atoms with Crippen molar-refractivity contribution in [3.63, 3.8) is 0 Å². The Balaban J connectivity index is 1.62. The first-order valence-corrected chi connectivity index (χ1v) is 11.7. The minimum atomic E-state index is -0.164. The molecule has 4 aromatic rings. The van der Waals surface area contributed by atoms with E-state index in [1.54, 1.807) is 11.3 Å². The van der Waals surface area contributed by atoms with Gasteiger partial charge in [0.25, 0.3) is 5.56 Å². The average Bonchev–Trinajstić information content (AvgIpc) is 3.46. The topological polar surface area (TPSA) is 65.7 Å². The maximum atomic E-state index is 12.8. The lowest BCUT2D eigenvalue weighted by molar-refractivity contribution is 0.271. The second kappa shape index (κ2) is 9.40. The number of ether oxygens (including phenoxy) is 2. The van der Waals surface area contributed by atoms with Gasteiger partial charge < -0.3 is 9.47 Å². The third-order valence-corrected chi connectivity index (χ3v) is 6.32. The van der Waals surface area contributed by atoms with Crippen LogP contribution in [0.4, 0.5) is 0 Å². The summed E-state index contributed by atoms with van der Waals surface area (Å²) in [7, 11) is 0. The van der Waals surface area contributed by atoms with Crippen molar-refractivity contribution in [3.05, 3.63) is 56.2 Å². The molecule has 0 aliphatic carbocycles. The monoisotopic (exact) mass is 441 g/mol. The van der Waals surface area contributed by atoms with Crippen molar-refractivity contribution in [2.45, 2.75) is 33.1 Å². The molecule has 0 aliphatic heterocycles. The lowest BCUT2D eigenvalue weighted by Gasteiger charge is -2.12. The summed E-state index contributed by atoms with van der Waals surface area (Å²) >= 11 is 2.89. The van der Waals surface area contributed by atoms with Gasteiger partial charge in [-0.2, -0.15) is 9.50 Å². The Morgan fingerprint density at radius 1 is 1.13 bits per heavy atom. The number of hydrogen-bond donors (Lipinski definition) is 0. The van der Waals surface area contributed by atoms with Crippen molar-refractivity contribution in [3.8, 4) is 22.2 Å². The normalized spacial score (nSPS) is 12.0. The van der Waals surface area contributed by atoms with Crippen molar-refractivity contribution in [1.29, 1.82) is 0 Å². The molecule has 0 spiro atoms. The van der Waals surface area contributed by atoms with Gasteiger partial charge in [0.15, 0.2) is 17.3 Å². The zero-order valence-electron chi connectivity index (χ0n) is 17.0. The van der Waals surface area contributed by atoms with Crippen molar-refractivity contribution >= 4 is 33.7 Å². The molecule has 0 aliphatic rings. The minimum absolute atomic E-state index is 0.164. The number of rotatable bonds is 9. The van der Waals surface area contributed by atoms with E-state index in [-0.39, 0.29) is 5.56 Å². The van der Waals surface area contributed by atoms with Gasteiger partial charge in [-0.1, -0.05) is 43.2 Å². The first kappa shape index (κ1) is 20.6. The number of benzene rings is 1. The van der Waals surface area contributed by atoms with Gasteiger partial charge in [0.05, 0.1) is 22.6 Å². The van der Waals surface area contributed by atoms with Crippen LogP contribution < -0.4 is 19.6 Å². The zero-order valence-corrected chi connectivity index (χ0v) is 18.6. The number of fused-ring (bicyclic) bond motifs is 1. The van der Waals surface area contributed by atoms with Crippen LogP contribution in [0.5, 0.6) is 11.5 Å². The average molecular weight is 442 g/mol. The number of thiazole rings is 1. The van der Waals surface area contributed by atoms with Gasteiger partial charge in [-0.05, 0) is 48.6 Å². The molecule has 6 nitrogen and oxygen atoms in total. The second-order valence-corrected chi connectivity index (χ2v) is 8.67. The van der Waals surface area contributed by atoms with E-state index < -0.39 is 0 Å². The molecule has 0 saturated heterocycles. The summed E-state index contributed by atoms with van der Waals surface area (Å²) in [6.45, 7) is 5.32. The van der Waals surface area contributed by atoms with E-state index in [2.05, 4.69) is 17.0 Å². The predicted molar refractivity (Wildman–Crippen MR) is 122 cm³/mol. The van der Waals surface area contributed by atoms with Crippen molar-refractivity contribution < 1.29 is 9.47 Å². The van der Waals surface area contributed by atoms with E-state index in [4.69, 9.17) is 9.47 Å². The summed E-state index contributed by atoms with van der Waals surface area (Å²) in [5.41, 5.74) is 0.711. The lowest BCUT2D eigenvalue weighted by atomic mass is 10.2. The van der Waals surface area contributed by atoms with Crippen LogP contribution in [-0.2, 0) is 0 Å². The molecule has 0 atom stereocenters. The van der Waals surface area contributed by atoms with E-state index in [0.29, 0.717) is 34.3 Å². The van der Waals surface area contributed by atoms with Crippen LogP contribution in [0.3, 0.4) is 0 Å². The zero-order chi connectivity index (χ0) is 20.9. The molecule has 0 N–H and O–H groups in total. The van der Waals surface area contributed by atoms with Crippen LogP contribution in [0.15, 0.2) is 40.5 Å². The summed E-state index contributed by atoms with van der Waals surface area (Å²) in [6.07, 6.45) is 5.16. The Labute approximate surface area is 182 Å². The molecule has 1 aromatic carbocycles. The molecule has 0 unspecified atom stereocenters. The first-order valence-electron chi connectivity index (χ1n) is 10.0. The van der Waals surface area contributed by atoms with Crippen LogP contribution in [0.2, 0.25) is 0 Å².